The highest BCUT2D eigenvalue weighted by atomic mass is 19.4. The fourth-order valence-electron chi connectivity index (χ4n) is 3.76. The number of alkyl halides is 3. The van der Waals surface area contributed by atoms with Gasteiger partial charge in [-0.2, -0.15) is 13.2 Å². The number of hydrogen-bond donors (Lipinski definition) is 1. The van der Waals surface area contributed by atoms with Crippen LogP contribution in [0, 0.1) is 6.92 Å². The molecule has 26 heavy (non-hydrogen) atoms. The van der Waals surface area contributed by atoms with Crippen LogP contribution in [0.5, 0.6) is 0 Å². The molecule has 0 saturated carbocycles. The number of nitrogens with zero attached hydrogens (tertiary/aromatic N) is 1. The van der Waals surface area contributed by atoms with Crippen LogP contribution in [0.2, 0.25) is 0 Å². The van der Waals surface area contributed by atoms with Crippen LogP contribution in [-0.2, 0) is 12.0 Å². The average molecular weight is 361 g/mol. The Balaban J connectivity index is 1.76. The highest BCUT2D eigenvalue weighted by Gasteiger charge is 2.68. The Morgan fingerprint density at radius 1 is 1.15 bits per heavy atom. The van der Waals surface area contributed by atoms with E-state index < -0.39 is 11.8 Å². The van der Waals surface area contributed by atoms with E-state index in [9.17, 15) is 23.1 Å². The van der Waals surface area contributed by atoms with Gasteiger partial charge < -0.3 is 10.0 Å². The van der Waals surface area contributed by atoms with Gasteiger partial charge in [-0.05, 0) is 56.0 Å². The predicted molar refractivity (Wildman–Crippen MR) is 91.3 cm³/mol. The van der Waals surface area contributed by atoms with Gasteiger partial charge in [0.1, 0.15) is 0 Å². The summed E-state index contributed by atoms with van der Waals surface area (Å²) in [5.41, 5.74) is -0.486. The minimum atomic E-state index is -4.75. The maximum absolute atomic E-state index is 13.2. The molecule has 1 aliphatic heterocycles. The maximum Gasteiger partial charge on any atom is 0.425 e. The van der Waals surface area contributed by atoms with Gasteiger partial charge in [0.2, 0.25) is 5.60 Å². The molecule has 0 radical (unpaired) electrons. The number of fused-ring (bicyclic) bond motifs is 2. The standard InChI is InChI=1S/C20H18F3NO2/c1-12-5-4-7-14(9-12)18(25)24-8-3-2-6-13-10-15-16(11-17(13)24)19(15,26)20(21,22)23/h4-5,7,9-11,26H,2-3,6,8H2,1H3. The van der Waals surface area contributed by atoms with E-state index in [1.54, 1.807) is 23.1 Å². The van der Waals surface area contributed by atoms with Crippen molar-refractivity contribution in [3.63, 3.8) is 0 Å². The van der Waals surface area contributed by atoms with Gasteiger partial charge >= 0.3 is 6.18 Å². The molecule has 3 nitrogen and oxygen atoms in total. The zero-order valence-corrected chi connectivity index (χ0v) is 14.2. The van der Waals surface area contributed by atoms with Crippen molar-refractivity contribution in [3.05, 3.63) is 64.2 Å². The molecular formula is C20H18F3NO2. The van der Waals surface area contributed by atoms with Crippen LogP contribution in [0.3, 0.4) is 0 Å². The summed E-state index contributed by atoms with van der Waals surface area (Å²) in [5.74, 6) is -0.229. The summed E-state index contributed by atoms with van der Waals surface area (Å²) in [7, 11) is 0. The Morgan fingerprint density at radius 3 is 2.58 bits per heavy atom. The Morgan fingerprint density at radius 2 is 1.88 bits per heavy atom. The highest BCUT2D eigenvalue weighted by molar-refractivity contribution is 6.07. The number of hydrogen-bond acceptors (Lipinski definition) is 2. The highest BCUT2D eigenvalue weighted by Crippen LogP contribution is 2.59. The van der Waals surface area contributed by atoms with Crippen LogP contribution in [0.4, 0.5) is 18.9 Å². The third-order valence-corrected chi connectivity index (χ3v) is 5.22. The van der Waals surface area contributed by atoms with Gasteiger partial charge in [-0.1, -0.05) is 17.7 Å². The van der Waals surface area contributed by atoms with Gasteiger partial charge in [-0.3, -0.25) is 4.79 Å². The Kier molecular flexibility index (Phi) is 3.67. The van der Waals surface area contributed by atoms with Crippen molar-refractivity contribution < 1.29 is 23.1 Å². The van der Waals surface area contributed by atoms with Crippen LogP contribution < -0.4 is 4.90 Å². The van der Waals surface area contributed by atoms with Crippen LogP contribution in [0.25, 0.3) is 0 Å². The van der Waals surface area contributed by atoms with Gasteiger partial charge in [0, 0.05) is 28.9 Å². The molecule has 1 atom stereocenters. The molecule has 1 N–H and O–H groups in total. The molecule has 2 aromatic carbocycles. The molecule has 0 aromatic heterocycles. The molecule has 1 amide bonds. The molecule has 0 saturated heterocycles. The van der Waals surface area contributed by atoms with Gasteiger partial charge in [0.25, 0.3) is 5.91 Å². The zero-order chi connectivity index (χ0) is 18.7. The van der Waals surface area contributed by atoms with E-state index in [2.05, 4.69) is 0 Å². The Labute approximate surface area is 149 Å². The molecule has 136 valence electrons. The van der Waals surface area contributed by atoms with Crippen molar-refractivity contribution in [2.24, 2.45) is 0 Å². The first kappa shape index (κ1) is 17.1. The van der Waals surface area contributed by atoms with Crippen LogP contribution in [-0.4, -0.2) is 23.7 Å². The quantitative estimate of drug-likeness (QED) is 0.831. The summed E-state index contributed by atoms with van der Waals surface area (Å²) in [4.78, 5) is 14.5. The van der Waals surface area contributed by atoms with E-state index in [4.69, 9.17) is 0 Å². The van der Waals surface area contributed by atoms with Gasteiger partial charge in [-0.15, -0.1) is 0 Å². The molecule has 2 aromatic rings. The average Bonchev–Trinajstić information content (AvgIpc) is 3.25. The lowest BCUT2D eigenvalue weighted by molar-refractivity contribution is -0.228. The fourth-order valence-corrected chi connectivity index (χ4v) is 3.76. The van der Waals surface area contributed by atoms with Crippen LogP contribution in [0.1, 0.15) is 45.5 Å². The molecule has 1 heterocycles. The van der Waals surface area contributed by atoms with Gasteiger partial charge in [0.05, 0.1) is 0 Å². The second-order valence-electron chi connectivity index (χ2n) is 7.02. The first-order valence-electron chi connectivity index (χ1n) is 8.59. The van der Waals surface area contributed by atoms with Gasteiger partial charge in [-0.25, -0.2) is 0 Å². The van der Waals surface area contributed by atoms with Crippen LogP contribution >= 0.6 is 0 Å². The number of amides is 1. The second kappa shape index (κ2) is 5.58. The van der Waals surface area contributed by atoms with Crippen molar-refractivity contribution >= 4 is 11.6 Å². The fraction of sp³-hybridized carbons (Fsp3) is 0.350. The summed E-state index contributed by atoms with van der Waals surface area (Å²) in [5, 5.41) is 10.0. The van der Waals surface area contributed by atoms with Crippen molar-refractivity contribution in [1.29, 1.82) is 0 Å². The molecule has 0 spiro atoms. The minimum Gasteiger partial charge on any atom is -0.372 e. The molecule has 1 aliphatic carbocycles. The lowest BCUT2D eigenvalue weighted by Crippen LogP contribution is -2.32. The lowest BCUT2D eigenvalue weighted by Gasteiger charge is -2.23. The summed E-state index contributed by atoms with van der Waals surface area (Å²) >= 11 is 0. The predicted octanol–water partition coefficient (Wildman–Crippen LogP) is 4.09. The van der Waals surface area contributed by atoms with E-state index >= 15 is 0 Å². The zero-order valence-electron chi connectivity index (χ0n) is 14.2. The third-order valence-electron chi connectivity index (χ3n) is 5.22. The summed E-state index contributed by atoms with van der Waals surface area (Å²) in [6, 6.07) is 9.91. The number of aliphatic hydroxyl groups is 1. The molecule has 0 bridgehead atoms. The number of carbonyl (C=O) groups is 1. The number of rotatable bonds is 1. The van der Waals surface area contributed by atoms with Crippen molar-refractivity contribution in [2.45, 2.75) is 38.0 Å². The number of benzene rings is 2. The number of aryl methyl sites for hydroxylation is 2. The molecule has 4 rings (SSSR count). The molecular weight excluding hydrogens is 343 g/mol. The molecule has 6 heteroatoms. The normalized spacial score (nSPS) is 21.7. The third kappa shape index (κ3) is 2.43. The van der Waals surface area contributed by atoms with E-state index in [1.807, 2.05) is 13.0 Å². The smallest absolute Gasteiger partial charge is 0.372 e. The largest absolute Gasteiger partial charge is 0.425 e. The number of anilines is 1. The Bertz CT molecular complexity index is 906. The van der Waals surface area contributed by atoms with Crippen molar-refractivity contribution in [1.82, 2.24) is 0 Å². The van der Waals surface area contributed by atoms with E-state index in [1.165, 1.54) is 12.1 Å². The topological polar surface area (TPSA) is 40.5 Å². The maximum atomic E-state index is 13.2. The van der Waals surface area contributed by atoms with E-state index in [-0.39, 0.29) is 17.0 Å². The summed E-state index contributed by atoms with van der Waals surface area (Å²) in [6.07, 6.45) is -2.59. The first-order valence-corrected chi connectivity index (χ1v) is 8.59. The van der Waals surface area contributed by atoms with E-state index in [0.717, 1.165) is 18.4 Å². The van der Waals surface area contributed by atoms with E-state index in [0.29, 0.717) is 29.8 Å². The molecule has 2 aliphatic rings. The molecule has 1 unspecified atom stereocenters. The van der Waals surface area contributed by atoms with Crippen LogP contribution in [0.15, 0.2) is 36.4 Å². The van der Waals surface area contributed by atoms with Crippen molar-refractivity contribution in [2.75, 3.05) is 11.4 Å². The molecule has 0 fully saturated rings. The SMILES string of the molecule is Cc1cccc(C(=O)N2CCCCc3cc4c(cc32)C4(O)C(F)(F)F)c1. The van der Waals surface area contributed by atoms with Crippen molar-refractivity contribution in [3.8, 4) is 0 Å². The second-order valence-corrected chi connectivity index (χ2v) is 7.02. The number of halogens is 3. The first-order chi connectivity index (χ1) is 12.2. The summed E-state index contributed by atoms with van der Waals surface area (Å²) < 4.78 is 39.7. The Hall–Kier alpha value is -2.34. The minimum absolute atomic E-state index is 0.0893. The lowest BCUT2D eigenvalue weighted by atomic mass is 10.1. The van der Waals surface area contributed by atoms with Gasteiger partial charge in [0.15, 0.2) is 0 Å². The number of carbonyl (C=O) groups excluding carboxylic acids is 1. The monoisotopic (exact) mass is 361 g/mol. The summed E-state index contributed by atoms with van der Waals surface area (Å²) in [6.45, 7) is 2.33.